The minimum absolute atomic E-state index is 0.000437. The Morgan fingerprint density at radius 2 is 1.51 bits per heavy atom. The quantitative estimate of drug-likeness (QED) is 0.0903. The molecular formula is C44H69NO7S. The Kier molecular flexibility index (Phi) is 12.8. The van der Waals surface area contributed by atoms with Gasteiger partial charge in [-0.15, -0.1) is 6.58 Å². The molecule has 4 aliphatic carbocycles. The molecule has 9 heteroatoms. The molecule has 1 heterocycles. The largest absolute Gasteiger partial charge is 0.332 e. The summed E-state index contributed by atoms with van der Waals surface area (Å²) in [7, 11) is -3.48. The number of allylic oxidation sites excluding steroid dienone is 1. The SMILES string of the molecule is C=CCCC(=O)C(=O)C(CC(=O)[C@@H]1C2[C@H](CN1C(=O)[C@@H](CC(=O)CC1(CS(=O)(=O)C(C)(C)CC)CCCCC1)C1(C)CCCCC1)C2(C)C)CC1CC1. The molecule has 0 N–H and O–H groups in total. The maximum atomic E-state index is 15.1. The summed E-state index contributed by atoms with van der Waals surface area (Å²) in [6.45, 7) is 16.0. The van der Waals surface area contributed by atoms with Gasteiger partial charge in [0.1, 0.15) is 5.78 Å². The lowest BCUT2D eigenvalue weighted by atomic mass is 9.64. The van der Waals surface area contributed by atoms with Crippen LogP contribution in [0.4, 0.5) is 0 Å². The number of piperidine rings is 1. The number of Topliss-reactive ketones (excluding diaryl/α,β-unsaturated/α-hetero) is 4. The van der Waals surface area contributed by atoms with E-state index in [1.54, 1.807) is 24.8 Å². The zero-order valence-electron chi connectivity index (χ0n) is 33.8. The van der Waals surface area contributed by atoms with Gasteiger partial charge in [-0.1, -0.05) is 85.1 Å². The van der Waals surface area contributed by atoms with Crippen molar-refractivity contribution in [2.24, 2.45) is 45.8 Å². The van der Waals surface area contributed by atoms with Crippen LogP contribution in [0.2, 0.25) is 0 Å². The summed E-state index contributed by atoms with van der Waals surface area (Å²) in [5.41, 5.74) is -1.14. The van der Waals surface area contributed by atoms with E-state index in [0.717, 1.165) is 64.2 Å². The number of nitrogens with zero attached hydrogens (tertiary/aromatic N) is 1. The van der Waals surface area contributed by atoms with E-state index in [2.05, 4.69) is 27.4 Å². The summed E-state index contributed by atoms with van der Waals surface area (Å²) in [5, 5.41) is 0. The van der Waals surface area contributed by atoms with Gasteiger partial charge < -0.3 is 4.90 Å². The molecule has 0 spiro atoms. The Balaban J connectivity index is 1.40. The lowest BCUT2D eigenvalue weighted by Gasteiger charge is -2.44. The van der Waals surface area contributed by atoms with Crippen molar-refractivity contribution in [2.45, 2.75) is 174 Å². The predicted molar refractivity (Wildman–Crippen MR) is 209 cm³/mol. The number of rotatable bonds is 20. The predicted octanol–water partition coefficient (Wildman–Crippen LogP) is 8.44. The van der Waals surface area contributed by atoms with Crippen LogP contribution in [0.3, 0.4) is 0 Å². The van der Waals surface area contributed by atoms with E-state index in [0.29, 0.717) is 44.6 Å². The molecule has 53 heavy (non-hydrogen) atoms. The van der Waals surface area contributed by atoms with E-state index in [9.17, 15) is 27.6 Å². The molecule has 5 fully saturated rings. The minimum atomic E-state index is -3.48. The fourth-order valence-corrected chi connectivity index (χ4v) is 12.6. The van der Waals surface area contributed by atoms with E-state index in [1.807, 2.05) is 6.92 Å². The van der Waals surface area contributed by atoms with Gasteiger partial charge in [-0.3, -0.25) is 24.0 Å². The summed E-state index contributed by atoms with van der Waals surface area (Å²) < 4.78 is 26.6. The first kappa shape index (κ1) is 42.0. The zero-order chi connectivity index (χ0) is 39.0. The third-order valence-corrected chi connectivity index (χ3v) is 18.0. The molecule has 0 aromatic carbocycles. The van der Waals surface area contributed by atoms with Gasteiger partial charge in [0.2, 0.25) is 11.7 Å². The van der Waals surface area contributed by atoms with E-state index in [-0.39, 0.29) is 66.2 Å². The van der Waals surface area contributed by atoms with Crippen molar-refractivity contribution in [2.75, 3.05) is 12.3 Å². The van der Waals surface area contributed by atoms with Crippen LogP contribution in [0, 0.1) is 45.8 Å². The number of amides is 1. The Bertz CT molecular complexity index is 1530. The molecule has 1 saturated heterocycles. The molecule has 5 atom stereocenters. The monoisotopic (exact) mass is 755 g/mol. The summed E-state index contributed by atoms with van der Waals surface area (Å²) >= 11 is 0. The number of carbonyl (C=O) groups excluding carboxylic acids is 5. The number of carbonyl (C=O) groups is 5. The number of ketones is 4. The maximum Gasteiger partial charge on any atom is 0.227 e. The van der Waals surface area contributed by atoms with Crippen LogP contribution in [0.1, 0.15) is 164 Å². The number of sulfone groups is 1. The lowest BCUT2D eigenvalue weighted by Crippen LogP contribution is -2.52. The first-order valence-corrected chi connectivity index (χ1v) is 22.7. The number of fused-ring (bicyclic) bond motifs is 1. The van der Waals surface area contributed by atoms with Crippen LogP contribution in [0.5, 0.6) is 0 Å². The zero-order valence-corrected chi connectivity index (χ0v) is 34.6. The van der Waals surface area contributed by atoms with Gasteiger partial charge in [-0.05, 0) is 92.8 Å². The highest BCUT2D eigenvalue weighted by atomic mass is 32.2. The molecule has 2 unspecified atom stereocenters. The van der Waals surface area contributed by atoms with Crippen molar-refractivity contribution in [3.63, 3.8) is 0 Å². The van der Waals surface area contributed by atoms with Crippen molar-refractivity contribution in [1.82, 2.24) is 4.90 Å². The summed E-state index contributed by atoms with van der Waals surface area (Å²) in [6, 6.07) is -0.670. The standard InChI is InChI=1S/C44H69NO7S/c1-8-10-17-35(47)39(49)31(24-30-18-19-30)25-36(48)38-37-34(42(37,5)6)28-45(38)40(50)33(43(7)20-13-11-14-21-43)26-32(46)27-44(22-15-12-16-23-44)29-53(51,52)41(3,4)9-2/h8,30-31,33-34,37-38H,1,9-29H2,2-7H3/t31?,33-,34+,37?,38-/m1/s1. The van der Waals surface area contributed by atoms with Gasteiger partial charge >= 0.3 is 0 Å². The molecule has 5 rings (SSSR count). The van der Waals surface area contributed by atoms with Crippen molar-refractivity contribution >= 4 is 38.9 Å². The number of hydrogen-bond acceptors (Lipinski definition) is 7. The Hall–Kier alpha value is -2.16. The molecular weight excluding hydrogens is 687 g/mol. The average Bonchev–Trinajstić information content (AvgIpc) is 3.96. The molecule has 0 aromatic rings. The molecule has 0 bridgehead atoms. The van der Waals surface area contributed by atoms with Crippen molar-refractivity contribution in [3.8, 4) is 0 Å². The molecule has 8 nitrogen and oxygen atoms in total. The normalized spacial score (nSPS) is 27.3. The highest BCUT2D eigenvalue weighted by molar-refractivity contribution is 7.92. The summed E-state index contributed by atoms with van der Waals surface area (Å²) in [6.07, 6.45) is 14.3. The number of likely N-dealkylation sites (tertiary alicyclic amines) is 1. The molecule has 298 valence electrons. The number of hydrogen-bond donors (Lipinski definition) is 0. The Morgan fingerprint density at radius 3 is 2.08 bits per heavy atom. The Morgan fingerprint density at radius 1 is 0.906 bits per heavy atom. The highest BCUT2D eigenvalue weighted by Gasteiger charge is 2.69. The van der Waals surface area contributed by atoms with Gasteiger partial charge in [0.05, 0.1) is 22.5 Å². The molecule has 0 radical (unpaired) electrons. The van der Waals surface area contributed by atoms with Crippen LogP contribution in [0.15, 0.2) is 12.7 Å². The average molecular weight is 756 g/mol. The molecule has 0 aromatic heterocycles. The fourth-order valence-electron chi connectivity index (χ4n) is 10.6. The summed E-state index contributed by atoms with van der Waals surface area (Å²) in [4.78, 5) is 72.0. The lowest BCUT2D eigenvalue weighted by molar-refractivity contribution is -0.150. The van der Waals surface area contributed by atoms with Crippen molar-refractivity contribution in [3.05, 3.63) is 12.7 Å². The first-order valence-electron chi connectivity index (χ1n) is 21.1. The van der Waals surface area contributed by atoms with Gasteiger partial charge in [0.25, 0.3) is 0 Å². The second-order valence-electron chi connectivity index (χ2n) is 19.7. The van der Waals surface area contributed by atoms with Crippen LogP contribution in [-0.2, 0) is 33.8 Å². The van der Waals surface area contributed by atoms with E-state index < -0.39 is 54.9 Å². The Labute approximate surface area is 320 Å². The third-order valence-electron chi connectivity index (χ3n) is 15.0. The first-order chi connectivity index (χ1) is 24.8. The minimum Gasteiger partial charge on any atom is -0.332 e. The van der Waals surface area contributed by atoms with Gasteiger partial charge in [0.15, 0.2) is 21.4 Å². The third kappa shape index (κ3) is 9.12. The van der Waals surface area contributed by atoms with Gasteiger partial charge in [-0.25, -0.2) is 8.42 Å². The smallest absolute Gasteiger partial charge is 0.227 e. The maximum absolute atomic E-state index is 15.1. The molecule has 4 saturated carbocycles. The van der Waals surface area contributed by atoms with Crippen LogP contribution >= 0.6 is 0 Å². The van der Waals surface area contributed by atoms with E-state index >= 15 is 4.79 Å². The topological polar surface area (TPSA) is 123 Å². The summed E-state index contributed by atoms with van der Waals surface area (Å²) in [5.74, 6) is -1.97. The van der Waals surface area contributed by atoms with E-state index in [4.69, 9.17) is 0 Å². The van der Waals surface area contributed by atoms with Crippen molar-refractivity contribution < 1.29 is 32.4 Å². The van der Waals surface area contributed by atoms with E-state index in [1.165, 1.54) is 0 Å². The van der Waals surface area contributed by atoms with Crippen LogP contribution in [-0.4, -0.2) is 65.4 Å². The van der Waals surface area contributed by atoms with Crippen LogP contribution < -0.4 is 0 Å². The van der Waals surface area contributed by atoms with Gasteiger partial charge in [0, 0.05) is 38.1 Å². The highest BCUT2D eigenvalue weighted by Crippen LogP contribution is 2.65. The molecule has 5 aliphatic rings. The second-order valence-corrected chi connectivity index (χ2v) is 22.3. The van der Waals surface area contributed by atoms with Crippen molar-refractivity contribution in [1.29, 1.82) is 0 Å². The second kappa shape index (κ2) is 16.1. The fraction of sp³-hybridized carbons (Fsp3) is 0.841. The van der Waals surface area contributed by atoms with Crippen LogP contribution in [0.25, 0.3) is 0 Å². The van der Waals surface area contributed by atoms with Gasteiger partial charge in [-0.2, -0.15) is 0 Å². The molecule has 1 amide bonds. The molecule has 1 aliphatic heterocycles.